The third kappa shape index (κ3) is 2.95. The Balaban J connectivity index is 1.72. The van der Waals surface area contributed by atoms with E-state index in [0.717, 1.165) is 18.4 Å². The van der Waals surface area contributed by atoms with E-state index in [9.17, 15) is 14.0 Å². The summed E-state index contributed by atoms with van der Waals surface area (Å²) in [4.78, 5) is 25.3. The molecule has 3 rings (SSSR count). The Morgan fingerprint density at radius 2 is 2.25 bits per heavy atom. The first kappa shape index (κ1) is 13.4. The number of carbonyl (C=O) groups is 2. The average molecular weight is 294 g/mol. The van der Waals surface area contributed by atoms with Crippen molar-refractivity contribution in [2.24, 2.45) is 0 Å². The predicted octanol–water partition coefficient (Wildman–Crippen LogP) is 1.68. The van der Waals surface area contributed by atoms with Crippen molar-refractivity contribution in [3.05, 3.63) is 35.6 Å². The zero-order valence-electron chi connectivity index (χ0n) is 10.8. The van der Waals surface area contributed by atoms with Crippen LogP contribution in [0.4, 0.5) is 4.39 Å². The van der Waals surface area contributed by atoms with Gasteiger partial charge in [-0.15, -0.1) is 11.8 Å². The van der Waals surface area contributed by atoms with Crippen molar-refractivity contribution in [2.45, 2.75) is 24.3 Å². The summed E-state index contributed by atoms with van der Waals surface area (Å²) in [6, 6.07) is 6.47. The molecule has 1 atom stereocenters. The molecule has 2 amide bonds. The molecule has 2 fully saturated rings. The Bertz CT molecular complexity index is 548. The Morgan fingerprint density at radius 3 is 2.95 bits per heavy atom. The fraction of sp³-hybridized carbons (Fsp3) is 0.429. The van der Waals surface area contributed by atoms with Gasteiger partial charge >= 0.3 is 0 Å². The Labute approximate surface area is 120 Å². The van der Waals surface area contributed by atoms with Crippen molar-refractivity contribution in [3.8, 4) is 0 Å². The standard InChI is InChI=1S/C14H15FN2O2S/c15-10-3-1-2-9(6-10)14-17(13(19)8-20-14)7-12(18)16-11-4-5-11/h1-3,6,11,14H,4-5,7-8H2,(H,16,18)/t14-/m1/s1. The number of halogens is 1. The van der Waals surface area contributed by atoms with Gasteiger partial charge < -0.3 is 10.2 Å². The van der Waals surface area contributed by atoms with Crippen LogP contribution in [0.1, 0.15) is 23.8 Å². The van der Waals surface area contributed by atoms with Gasteiger partial charge in [0.25, 0.3) is 0 Å². The minimum absolute atomic E-state index is 0.0452. The van der Waals surface area contributed by atoms with Gasteiger partial charge in [0.15, 0.2) is 0 Å². The van der Waals surface area contributed by atoms with Crippen LogP contribution in [-0.2, 0) is 9.59 Å². The topological polar surface area (TPSA) is 49.4 Å². The number of nitrogens with one attached hydrogen (secondary N) is 1. The summed E-state index contributed by atoms with van der Waals surface area (Å²) < 4.78 is 13.3. The van der Waals surface area contributed by atoms with Gasteiger partial charge in [0, 0.05) is 6.04 Å². The highest BCUT2D eigenvalue weighted by atomic mass is 32.2. The van der Waals surface area contributed by atoms with E-state index in [1.807, 2.05) is 0 Å². The molecule has 0 aromatic heterocycles. The molecule has 0 unspecified atom stereocenters. The summed E-state index contributed by atoms with van der Waals surface area (Å²) in [5, 5.41) is 2.59. The van der Waals surface area contributed by atoms with E-state index in [2.05, 4.69) is 5.32 Å². The molecule has 1 saturated carbocycles. The average Bonchev–Trinajstić information content (AvgIpc) is 3.14. The Kier molecular flexibility index (Phi) is 3.65. The van der Waals surface area contributed by atoms with Crippen LogP contribution in [0.2, 0.25) is 0 Å². The number of amides is 2. The van der Waals surface area contributed by atoms with E-state index in [1.165, 1.54) is 28.8 Å². The molecular formula is C14H15FN2O2S. The second kappa shape index (κ2) is 5.44. The summed E-state index contributed by atoms with van der Waals surface area (Å²) in [5.41, 5.74) is 0.722. The van der Waals surface area contributed by atoms with E-state index in [-0.39, 0.29) is 35.6 Å². The van der Waals surface area contributed by atoms with Crippen LogP contribution < -0.4 is 5.32 Å². The third-order valence-electron chi connectivity index (χ3n) is 3.36. The summed E-state index contributed by atoms with van der Waals surface area (Å²) in [6.07, 6.45) is 2.03. The molecule has 4 nitrogen and oxygen atoms in total. The van der Waals surface area contributed by atoms with Crippen LogP contribution in [-0.4, -0.2) is 35.1 Å². The molecule has 2 aliphatic rings. The zero-order valence-corrected chi connectivity index (χ0v) is 11.7. The largest absolute Gasteiger partial charge is 0.352 e. The number of hydrogen-bond acceptors (Lipinski definition) is 3. The van der Waals surface area contributed by atoms with Crippen LogP contribution >= 0.6 is 11.8 Å². The monoisotopic (exact) mass is 294 g/mol. The quantitative estimate of drug-likeness (QED) is 0.919. The highest BCUT2D eigenvalue weighted by Gasteiger charge is 2.35. The number of carbonyl (C=O) groups excluding carboxylic acids is 2. The molecule has 20 heavy (non-hydrogen) atoms. The molecule has 106 valence electrons. The highest BCUT2D eigenvalue weighted by molar-refractivity contribution is 8.00. The van der Waals surface area contributed by atoms with Crippen molar-refractivity contribution in [1.82, 2.24) is 10.2 Å². The zero-order chi connectivity index (χ0) is 14.1. The fourth-order valence-corrected chi connectivity index (χ4v) is 3.39. The van der Waals surface area contributed by atoms with Crippen LogP contribution in [0.25, 0.3) is 0 Å². The summed E-state index contributed by atoms with van der Waals surface area (Å²) in [7, 11) is 0. The van der Waals surface area contributed by atoms with Gasteiger partial charge in [-0.25, -0.2) is 4.39 Å². The lowest BCUT2D eigenvalue weighted by Gasteiger charge is -2.23. The molecule has 1 aliphatic heterocycles. The molecule has 0 bridgehead atoms. The van der Waals surface area contributed by atoms with Crippen LogP contribution in [0.15, 0.2) is 24.3 Å². The molecule has 1 aromatic rings. The lowest BCUT2D eigenvalue weighted by Crippen LogP contribution is -2.40. The Hall–Kier alpha value is -1.56. The first-order chi connectivity index (χ1) is 9.63. The lowest BCUT2D eigenvalue weighted by atomic mass is 10.2. The molecule has 0 spiro atoms. The second-order valence-corrected chi connectivity index (χ2v) is 6.15. The van der Waals surface area contributed by atoms with E-state index in [1.54, 1.807) is 12.1 Å². The first-order valence-corrected chi connectivity index (χ1v) is 7.64. The van der Waals surface area contributed by atoms with Gasteiger partial charge in [-0.3, -0.25) is 9.59 Å². The second-order valence-electron chi connectivity index (χ2n) is 5.08. The van der Waals surface area contributed by atoms with Crippen LogP contribution in [0, 0.1) is 5.82 Å². The molecule has 1 heterocycles. The highest BCUT2D eigenvalue weighted by Crippen LogP contribution is 2.38. The van der Waals surface area contributed by atoms with Gasteiger partial charge in [0.2, 0.25) is 11.8 Å². The Morgan fingerprint density at radius 1 is 1.45 bits per heavy atom. The normalized spacial score (nSPS) is 22.1. The van der Waals surface area contributed by atoms with E-state index >= 15 is 0 Å². The maximum Gasteiger partial charge on any atom is 0.239 e. The van der Waals surface area contributed by atoms with Crippen molar-refractivity contribution >= 4 is 23.6 Å². The minimum atomic E-state index is -0.329. The van der Waals surface area contributed by atoms with Gasteiger partial charge in [-0.2, -0.15) is 0 Å². The number of nitrogens with zero attached hydrogens (tertiary/aromatic N) is 1. The van der Waals surface area contributed by atoms with E-state index in [4.69, 9.17) is 0 Å². The molecule has 1 saturated heterocycles. The van der Waals surface area contributed by atoms with E-state index < -0.39 is 0 Å². The number of benzene rings is 1. The maximum absolute atomic E-state index is 13.3. The lowest BCUT2D eigenvalue weighted by molar-refractivity contribution is -0.133. The molecule has 1 N–H and O–H groups in total. The van der Waals surface area contributed by atoms with Gasteiger partial charge in [-0.1, -0.05) is 12.1 Å². The smallest absolute Gasteiger partial charge is 0.239 e. The molecule has 6 heteroatoms. The molecule has 0 radical (unpaired) electrons. The van der Waals surface area contributed by atoms with Crippen molar-refractivity contribution in [3.63, 3.8) is 0 Å². The first-order valence-electron chi connectivity index (χ1n) is 6.59. The van der Waals surface area contributed by atoms with E-state index in [0.29, 0.717) is 5.75 Å². The van der Waals surface area contributed by atoms with Gasteiger partial charge in [0.1, 0.15) is 17.7 Å². The molecular weight excluding hydrogens is 279 g/mol. The summed E-state index contributed by atoms with van der Waals surface area (Å²) in [6.45, 7) is 0.0452. The molecule has 1 aliphatic carbocycles. The number of rotatable bonds is 4. The van der Waals surface area contributed by atoms with Gasteiger partial charge in [-0.05, 0) is 30.5 Å². The summed E-state index contributed by atoms with van der Waals surface area (Å²) >= 11 is 1.43. The maximum atomic E-state index is 13.3. The van der Waals surface area contributed by atoms with Crippen LogP contribution in [0.3, 0.4) is 0 Å². The van der Waals surface area contributed by atoms with Crippen molar-refractivity contribution < 1.29 is 14.0 Å². The minimum Gasteiger partial charge on any atom is -0.352 e. The summed E-state index contributed by atoms with van der Waals surface area (Å²) in [5.74, 6) is -0.206. The molecule has 1 aromatic carbocycles. The SMILES string of the molecule is O=C(CN1C(=O)CS[C@@H]1c1cccc(F)c1)NC1CC1. The predicted molar refractivity (Wildman–Crippen MR) is 74.5 cm³/mol. The number of thioether (sulfide) groups is 1. The van der Waals surface area contributed by atoms with Crippen molar-refractivity contribution in [2.75, 3.05) is 12.3 Å². The van der Waals surface area contributed by atoms with Gasteiger partial charge in [0.05, 0.1) is 5.75 Å². The number of hydrogen-bond donors (Lipinski definition) is 1. The third-order valence-corrected chi connectivity index (χ3v) is 4.61. The van der Waals surface area contributed by atoms with Crippen molar-refractivity contribution in [1.29, 1.82) is 0 Å². The fourth-order valence-electron chi connectivity index (χ4n) is 2.22. The van der Waals surface area contributed by atoms with Crippen LogP contribution in [0.5, 0.6) is 0 Å².